The average molecular weight is 342 g/mol. The molecule has 1 atom stereocenters. The zero-order chi connectivity index (χ0) is 18.2. The molecule has 0 aliphatic carbocycles. The van der Waals surface area contributed by atoms with E-state index in [0.717, 1.165) is 11.3 Å². The Kier molecular flexibility index (Phi) is 6.39. The Labute approximate surface area is 147 Å². The van der Waals surface area contributed by atoms with Gasteiger partial charge in [-0.2, -0.15) is 0 Å². The average Bonchev–Trinajstić information content (AvgIpc) is 2.61. The number of nitrogens with one attached hydrogen (secondary N) is 2. The number of aryl methyl sites for hydroxylation is 1. The molecule has 0 heterocycles. The van der Waals surface area contributed by atoms with Gasteiger partial charge in [0.2, 0.25) is 0 Å². The Hall–Kier alpha value is -3.02. The summed E-state index contributed by atoms with van der Waals surface area (Å²) in [4.78, 5) is 24.1. The highest BCUT2D eigenvalue weighted by Gasteiger charge is 2.16. The molecule has 0 radical (unpaired) electrons. The van der Waals surface area contributed by atoms with Gasteiger partial charge in [0, 0.05) is 5.56 Å². The number of benzene rings is 2. The van der Waals surface area contributed by atoms with Crippen LogP contribution in [0.15, 0.2) is 48.5 Å². The van der Waals surface area contributed by atoms with Gasteiger partial charge in [0.1, 0.15) is 11.5 Å². The maximum Gasteiger partial charge on any atom is 0.279 e. The number of rotatable bonds is 6. The third kappa shape index (κ3) is 5.24. The lowest BCUT2D eigenvalue weighted by atomic mass is 10.1. The molecule has 25 heavy (non-hydrogen) atoms. The Bertz CT molecular complexity index is 728. The molecule has 0 saturated heterocycles. The summed E-state index contributed by atoms with van der Waals surface area (Å²) in [5.74, 6) is 0.448. The van der Waals surface area contributed by atoms with Crippen LogP contribution in [0.1, 0.15) is 29.8 Å². The number of carbonyl (C=O) groups is 2. The standard InChI is InChI=1S/C19H22N2O4/c1-4-24-15-9-11-16(12-10-15)25-14(3)18(22)20-21-19(23)17-8-6-5-7-13(17)2/h5-12,14H,4H2,1-3H3,(H,20,22)(H,21,23). The SMILES string of the molecule is CCOc1ccc(OC(C)C(=O)NNC(=O)c2ccccc2C)cc1. The molecule has 2 aromatic carbocycles. The van der Waals surface area contributed by atoms with Crippen LogP contribution in [0.4, 0.5) is 0 Å². The van der Waals surface area contributed by atoms with E-state index >= 15 is 0 Å². The molecular formula is C19H22N2O4. The topological polar surface area (TPSA) is 76.7 Å². The van der Waals surface area contributed by atoms with Gasteiger partial charge >= 0.3 is 0 Å². The minimum Gasteiger partial charge on any atom is -0.494 e. The molecule has 1 unspecified atom stereocenters. The largest absolute Gasteiger partial charge is 0.494 e. The van der Waals surface area contributed by atoms with E-state index in [2.05, 4.69) is 10.9 Å². The van der Waals surface area contributed by atoms with Crippen LogP contribution in [-0.4, -0.2) is 24.5 Å². The normalized spacial score (nSPS) is 11.3. The third-order valence-electron chi connectivity index (χ3n) is 3.51. The first-order valence-corrected chi connectivity index (χ1v) is 8.06. The van der Waals surface area contributed by atoms with Crippen molar-refractivity contribution in [2.24, 2.45) is 0 Å². The number of carbonyl (C=O) groups excluding carboxylic acids is 2. The van der Waals surface area contributed by atoms with Gasteiger partial charge in [0.15, 0.2) is 6.10 Å². The van der Waals surface area contributed by atoms with Crippen LogP contribution in [0.25, 0.3) is 0 Å². The van der Waals surface area contributed by atoms with E-state index in [1.165, 1.54) is 0 Å². The molecule has 2 N–H and O–H groups in total. The first-order chi connectivity index (χ1) is 12.0. The molecule has 0 saturated carbocycles. The minimum absolute atomic E-state index is 0.375. The zero-order valence-electron chi connectivity index (χ0n) is 14.5. The predicted octanol–water partition coefficient (Wildman–Crippen LogP) is 2.62. The van der Waals surface area contributed by atoms with Gasteiger partial charge in [-0.25, -0.2) is 0 Å². The van der Waals surface area contributed by atoms with E-state index < -0.39 is 12.0 Å². The van der Waals surface area contributed by atoms with Crippen molar-refractivity contribution in [3.8, 4) is 11.5 Å². The number of hydrogen-bond donors (Lipinski definition) is 2. The Balaban J connectivity index is 1.85. The third-order valence-corrected chi connectivity index (χ3v) is 3.51. The highest BCUT2D eigenvalue weighted by molar-refractivity contribution is 5.96. The van der Waals surface area contributed by atoms with Crippen molar-refractivity contribution in [2.45, 2.75) is 26.9 Å². The van der Waals surface area contributed by atoms with Gasteiger partial charge in [-0.05, 0) is 56.7 Å². The second-order valence-electron chi connectivity index (χ2n) is 5.42. The van der Waals surface area contributed by atoms with E-state index in [9.17, 15) is 9.59 Å². The van der Waals surface area contributed by atoms with Gasteiger partial charge in [-0.15, -0.1) is 0 Å². The number of ether oxygens (including phenoxy) is 2. The van der Waals surface area contributed by atoms with Gasteiger partial charge in [0.05, 0.1) is 6.61 Å². The Morgan fingerprint density at radius 1 is 1.00 bits per heavy atom. The summed E-state index contributed by atoms with van der Waals surface area (Å²) in [6.07, 6.45) is -0.768. The monoisotopic (exact) mass is 342 g/mol. The van der Waals surface area contributed by atoms with Crippen molar-refractivity contribution in [1.82, 2.24) is 10.9 Å². The lowest BCUT2D eigenvalue weighted by Crippen LogP contribution is -2.47. The van der Waals surface area contributed by atoms with Crippen LogP contribution >= 0.6 is 0 Å². The fourth-order valence-corrected chi connectivity index (χ4v) is 2.15. The molecule has 132 valence electrons. The summed E-state index contributed by atoms with van der Waals surface area (Å²) < 4.78 is 10.9. The van der Waals surface area contributed by atoms with E-state index in [0.29, 0.717) is 17.9 Å². The quantitative estimate of drug-likeness (QED) is 0.791. The summed E-state index contributed by atoms with van der Waals surface area (Å²) in [6.45, 7) is 5.92. The second kappa shape index (κ2) is 8.73. The van der Waals surface area contributed by atoms with Crippen LogP contribution in [0.2, 0.25) is 0 Å². The van der Waals surface area contributed by atoms with Crippen LogP contribution in [0, 0.1) is 6.92 Å². The number of hydrazine groups is 1. The smallest absolute Gasteiger partial charge is 0.279 e. The van der Waals surface area contributed by atoms with Gasteiger partial charge < -0.3 is 9.47 Å². The van der Waals surface area contributed by atoms with E-state index in [1.807, 2.05) is 26.0 Å². The molecule has 2 rings (SSSR count). The van der Waals surface area contributed by atoms with Crippen molar-refractivity contribution < 1.29 is 19.1 Å². The lowest BCUT2D eigenvalue weighted by Gasteiger charge is -2.15. The molecule has 6 nitrogen and oxygen atoms in total. The fraction of sp³-hybridized carbons (Fsp3) is 0.263. The summed E-state index contributed by atoms with van der Waals surface area (Å²) >= 11 is 0. The molecule has 0 aromatic heterocycles. The van der Waals surface area contributed by atoms with E-state index in [-0.39, 0.29) is 5.91 Å². The summed E-state index contributed by atoms with van der Waals surface area (Å²) in [6, 6.07) is 14.1. The number of hydrogen-bond acceptors (Lipinski definition) is 4. The predicted molar refractivity (Wildman–Crippen MR) is 94.5 cm³/mol. The first-order valence-electron chi connectivity index (χ1n) is 8.06. The van der Waals surface area contributed by atoms with Crippen molar-refractivity contribution in [1.29, 1.82) is 0 Å². The summed E-state index contributed by atoms with van der Waals surface area (Å²) in [5.41, 5.74) is 6.09. The molecule has 2 amide bonds. The highest BCUT2D eigenvalue weighted by Crippen LogP contribution is 2.18. The number of amides is 2. The van der Waals surface area contributed by atoms with Gasteiger partial charge in [0.25, 0.3) is 11.8 Å². The van der Waals surface area contributed by atoms with Gasteiger partial charge in [-0.3, -0.25) is 20.4 Å². The molecule has 0 spiro atoms. The minimum atomic E-state index is -0.768. The highest BCUT2D eigenvalue weighted by atomic mass is 16.5. The van der Waals surface area contributed by atoms with E-state index in [4.69, 9.17) is 9.47 Å². The molecule has 0 fully saturated rings. The van der Waals surface area contributed by atoms with Crippen molar-refractivity contribution in [3.63, 3.8) is 0 Å². The van der Waals surface area contributed by atoms with Gasteiger partial charge in [-0.1, -0.05) is 18.2 Å². The molecule has 0 bridgehead atoms. The summed E-state index contributed by atoms with van der Waals surface area (Å²) in [7, 11) is 0. The zero-order valence-corrected chi connectivity index (χ0v) is 14.5. The van der Waals surface area contributed by atoms with Crippen molar-refractivity contribution in [3.05, 3.63) is 59.7 Å². The van der Waals surface area contributed by atoms with Crippen LogP contribution in [0.5, 0.6) is 11.5 Å². The maximum absolute atomic E-state index is 12.1. The molecule has 0 aliphatic heterocycles. The van der Waals surface area contributed by atoms with Crippen LogP contribution in [0.3, 0.4) is 0 Å². The summed E-state index contributed by atoms with van der Waals surface area (Å²) in [5, 5.41) is 0. The molecule has 6 heteroatoms. The molecular weight excluding hydrogens is 320 g/mol. The second-order valence-corrected chi connectivity index (χ2v) is 5.42. The molecule has 2 aromatic rings. The fourth-order valence-electron chi connectivity index (χ4n) is 2.15. The maximum atomic E-state index is 12.1. The van der Waals surface area contributed by atoms with E-state index in [1.54, 1.807) is 43.3 Å². The lowest BCUT2D eigenvalue weighted by molar-refractivity contribution is -0.128. The van der Waals surface area contributed by atoms with Crippen LogP contribution in [-0.2, 0) is 4.79 Å². The van der Waals surface area contributed by atoms with Crippen molar-refractivity contribution in [2.75, 3.05) is 6.61 Å². The Morgan fingerprint density at radius 2 is 1.64 bits per heavy atom. The first kappa shape index (κ1) is 18.3. The van der Waals surface area contributed by atoms with Crippen LogP contribution < -0.4 is 20.3 Å². The van der Waals surface area contributed by atoms with Crippen molar-refractivity contribution >= 4 is 11.8 Å². The Morgan fingerprint density at radius 3 is 2.28 bits per heavy atom. The molecule has 0 aliphatic rings.